The Kier molecular flexibility index (Phi) is 6.48. The summed E-state index contributed by atoms with van der Waals surface area (Å²) in [6, 6.07) is 11.9. The smallest absolute Gasteiger partial charge is 0.416 e. The summed E-state index contributed by atoms with van der Waals surface area (Å²) in [6.07, 6.45) is -8.48. The molecule has 0 spiro atoms. The number of hydrogen-bond acceptors (Lipinski definition) is 3. The number of nitrogens with zero attached hydrogens (tertiary/aromatic N) is 2. The number of aromatic nitrogens is 1. The molecule has 1 aliphatic rings. The van der Waals surface area contributed by atoms with Crippen molar-refractivity contribution in [1.82, 2.24) is 9.88 Å². The Balaban J connectivity index is 1.79. The van der Waals surface area contributed by atoms with Gasteiger partial charge < -0.3 is 9.64 Å². The fourth-order valence-electron chi connectivity index (χ4n) is 3.98. The molecule has 0 saturated carbocycles. The number of carbonyl (C=O) groups is 1. The lowest BCUT2D eigenvalue weighted by Gasteiger charge is -2.30. The van der Waals surface area contributed by atoms with Gasteiger partial charge in [-0.3, -0.25) is 4.79 Å². The Labute approximate surface area is 197 Å². The monoisotopic (exact) mass is 494 g/mol. The van der Waals surface area contributed by atoms with Crippen molar-refractivity contribution < 1.29 is 35.9 Å². The van der Waals surface area contributed by atoms with Crippen molar-refractivity contribution in [2.24, 2.45) is 5.92 Å². The number of amides is 1. The van der Waals surface area contributed by atoms with E-state index in [9.17, 15) is 31.1 Å². The second-order valence-corrected chi connectivity index (χ2v) is 8.42. The number of alkyl halides is 6. The molecule has 0 fully saturated rings. The standard InChI is InChI=1S/C25H20F6N2O2/c1-15-12-33(13-16-9-18(24(26,27)28)11-19(10-16)25(29,30)31)23(34)21-20(17-5-3-2-4-6-17)7-8-32-22(21)35-14-15/h2-11,15H,12-14H2,1H3/t15-/m0/s1. The van der Waals surface area contributed by atoms with Crippen LogP contribution in [0.5, 0.6) is 5.88 Å². The highest BCUT2D eigenvalue weighted by Gasteiger charge is 2.37. The molecular formula is C25H20F6N2O2. The third-order valence-corrected chi connectivity index (χ3v) is 5.56. The molecule has 0 radical (unpaired) electrons. The topological polar surface area (TPSA) is 42.4 Å². The van der Waals surface area contributed by atoms with Crippen LogP contribution in [0.3, 0.4) is 0 Å². The summed E-state index contributed by atoms with van der Waals surface area (Å²) >= 11 is 0. The summed E-state index contributed by atoms with van der Waals surface area (Å²) < 4.78 is 85.8. The number of fused-ring (bicyclic) bond motifs is 1. The van der Waals surface area contributed by atoms with Crippen LogP contribution in [0.1, 0.15) is 34.0 Å². The summed E-state index contributed by atoms with van der Waals surface area (Å²) in [7, 11) is 0. The Morgan fingerprint density at radius 3 is 2.20 bits per heavy atom. The van der Waals surface area contributed by atoms with E-state index in [0.29, 0.717) is 23.3 Å². The van der Waals surface area contributed by atoms with Gasteiger partial charge in [-0.2, -0.15) is 26.3 Å². The van der Waals surface area contributed by atoms with Crippen LogP contribution < -0.4 is 4.74 Å². The van der Waals surface area contributed by atoms with Crippen LogP contribution in [0.25, 0.3) is 11.1 Å². The average molecular weight is 494 g/mol. The van der Waals surface area contributed by atoms with E-state index in [1.165, 1.54) is 11.1 Å². The van der Waals surface area contributed by atoms with E-state index >= 15 is 0 Å². The molecule has 1 amide bonds. The molecule has 2 heterocycles. The van der Waals surface area contributed by atoms with Crippen molar-refractivity contribution >= 4 is 5.91 Å². The number of pyridine rings is 1. The van der Waals surface area contributed by atoms with Crippen LogP contribution in [0.2, 0.25) is 0 Å². The summed E-state index contributed by atoms with van der Waals surface area (Å²) in [5.41, 5.74) is -1.83. The van der Waals surface area contributed by atoms with Gasteiger partial charge in [-0.05, 0) is 35.4 Å². The highest BCUT2D eigenvalue weighted by atomic mass is 19.4. The molecule has 1 atom stereocenters. The van der Waals surface area contributed by atoms with E-state index in [1.807, 2.05) is 0 Å². The number of rotatable bonds is 3. The largest absolute Gasteiger partial charge is 0.477 e. The molecule has 0 saturated heterocycles. The van der Waals surface area contributed by atoms with Crippen molar-refractivity contribution in [2.75, 3.05) is 13.2 Å². The van der Waals surface area contributed by atoms with Crippen LogP contribution in [-0.4, -0.2) is 28.9 Å². The molecule has 0 N–H and O–H groups in total. The third-order valence-electron chi connectivity index (χ3n) is 5.56. The van der Waals surface area contributed by atoms with Gasteiger partial charge in [0.1, 0.15) is 5.56 Å². The van der Waals surface area contributed by atoms with E-state index < -0.39 is 35.9 Å². The summed E-state index contributed by atoms with van der Waals surface area (Å²) in [4.78, 5) is 19.1. The Morgan fingerprint density at radius 1 is 0.971 bits per heavy atom. The zero-order valence-electron chi connectivity index (χ0n) is 18.5. The molecule has 10 heteroatoms. The summed E-state index contributed by atoms with van der Waals surface area (Å²) in [6.45, 7) is 1.55. The van der Waals surface area contributed by atoms with Gasteiger partial charge in [-0.1, -0.05) is 37.3 Å². The predicted molar refractivity (Wildman–Crippen MR) is 116 cm³/mol. The number of halogens is 6. The number of hydrogen-bond donors (Lipinski definition) is 0. The van der Waals surface area contributed by atoms with Crippen molar-refractivity contribution in [3.05, 3.63) is 83.0 Å². The lowest BCUT2D eigenvalue weighted by molar-refractivity contribution is -0.143. The predicted octanol–water partition coefficient (Wildman–Crippen LogP) is 6.46. The van der Waals surface area contributed by atoms with Gasteiger partial charge in [-0.15, -0.1) is 0 Å². The third kappa shape index (κ3) is 5.41. The van der Waals surface area contributed by atoms with Gasteiger partial charge in [0.15, 0.2) is 0 Å². The molecular weight excluding hydrogens is 474 g/mol. The fraction of sp³-hybridized carbons (Fsp3) is 0.280. The minimum absolute atomic E-state index is 0.0629. The number of ether oxygens (including phenoxy) is 1. The molecule has 184 valence electrons. The first kappa shape index (κ1) is 24.6. The fourth-order valence-corrected chi connectivity index (χ4v) is 3.98. The Hall–Kier alpha value is -3.56. The zero-order valence-corrected chi connectivity index (χ0v) is 18.5. The van der Waals surface area contributed by atoms with E-state index in [-0.39, 0.29) is 42.1 Å². The molecule has 2 aromatic carbocycles. The van der Waals surface area contributed by atoms with Crippen molar-refractivity contribution in [2.45, 2.75) is 25.8 Å². The van der Waals surface area contributed by atoms with Gasteiger partial charge in [-0.25, -0.2) is 4.98 Å². The first-order chi connectivity index (χ1) is 16.4. The SMILES string of the molecule is C[C@@H]1COc2nccc(-c3ccccc3)c2C(=O)N(Cc2cc(C(F)(F)F)cc(C(F)(F)F)c2)C1. The molecule has 0 unspecified atom stereocenters. The Morgan fingerprint density at radius 2 is 1.60 bits per heavy atom. The highest BCUT2D eigenvalue weighted by Crippen LogP contribution is 2.37. The molecule has 1 aromatic heterocycles. The highest BCUT2D eigenvalue weighted by molar-refractivity contribution is 6.03. The van der Waals surface area contributed by atoms with Crippen LogP contribution in [0, 0.1) is 5.92 Å². The van der Waals surface area contributed by atoms with Crippen LogP contribution >= 0.6 is 0 Å². The van der Waals surface area contributed by atoms with Crippen molar-refractivity contribution in [3.63, 3.8) is 0 Å². The van der Waals surface area contributed by atoms with Gasteiger partial charge in [0.2, 0.25) is 5.88 Å². The first-order valence-electron chi connectivity index (χ1n) is 10.7. The summed E-state index contributed by atoms with van der Waals surface area (Å²) in [5.74, 6) is -0.778. The Bertz CT molecular complexity index is 1190. The quantitative estimate of drug-likeness (QED) is 0.393. The average Bonchev–Trinajstić information content (AvgIpc) is 2.80. The second-order valence-electron chi connectivity index (χ2n) is 8.42. The molecule has 0 aliphatic carbocycles. The lowest BCUT2D eigenvalue weighted by atomic mass is 9.98. The molecule has 0 bridgehead atoms. The normalized spacial score (nSPS) is 16.8. The van der Waals surface area contributed by atoms with Crippen LogP contribution in [0.4, 0.5) is 26.3 Å². The van der Waals surface area contributed by atoms with Gasteiger partial charge in [0, 0.05) is 30.8 Å². The number of carbonyl (C=O) groups excluding carboxylic acids is 1. The number of benzene rings is 2. The van der Waals surface area contributed by atoms with Crippen molar-refractivity contribution in [3.8, 4) is 17.0 Å². The minimum Gasteiger partial charge on any atom is -0.477 e. The maximum absolute atomic E-state index is 13.7. The molecule has 4 nitrogen and oxygen atoms in total. The molecule has 4 rings (SSSR count). The van der Waals surface area contributed by atoms with Crippen LogP contribution in [-0.2, 0) is 18.9 Å². The maximum Gasteiger partial charge on any atom is 0.416 e. The van der Waals surface area contributed by atoms with Crippen LogP contribution in [0.15, 0.2) is 60.8 Å². The van der Waals surface area contributed by atoms with Gasteiger partial charge >= 0.3 is 12.4 Å². The maximum atomic E-state index is 13.7. The van der Waals surface area contributed by atoms with Gasteiger partial charge in [0.05, 0.1) is 17.7 Å². The van der Waals surface area contributed by atoms with E-state index in [2.05, 4.69) is 4.98 Å². The summed E-state index contributed by atoms with van der Waals surface area (Å²) in [5, 5.41) is 0. The zero-order chi connectivity index (χ0) is 25.4. The lowest BCUT2D eigenvalue weighted by Crippen LogP contribution is -2.38. The van der Waals surface area contributed by atoms with Crippen molar-refractivity contribution in [1.29, 1.82) is 0 Å². The molecule has 3 aromatic rings. The van der Waals surface area contributed by atoms with Gasteiger partial charge in [0.25, 0.3) is 5.91 Å². The molecule has 35 heavy (non-hydrogen) atoms. The van der Waals surface area contributed by atoms with E-state index in [4.69, 9.17) is 4.74 Å². The molecule has 1 aliphatic heterocycles. The van der Waals surface area contributed by atoms with E-state index in [1.54, 1.807) is 43.3 Å². The minimum atomic E-state index is -4.98. The second kappa shape index (κ2) is 9.24. The first-order valence-corrected chi connectivity index (χ1v) is 10.7. The van der Waals surface area contributed by atoms with E-state index in [0.717, 1.165) is 0 Å².